The van der Waals surface area contributed by atoms with E-state index in [0.29, 0.717) is 17.4 Å². The van der Waals surface area contributed by atoms with Crippen molar-refractivity contribution in [2.45, 2.75) is 32.2 Å². The molecule has 0 bridgehead atoms. The van der Waals surface area contributed by atoms with Gasteiger partial charge in [0.2, 0.25) is 0 Å². The minimum Gasteiger partial charge on any atom is -0.478 e. The molecule has 0 amide bonds. The Kier molecular flexibility index (Phi) is 3.08. The lowest BCUT2D eigenvalue weighted by atomic mass is 10.0. The van der Waals surface area contributed by atoms with Crippen LogP contribution in [0.5, 0.6) is 0 Å². The van der Waals surface area contributed by atoms with E-state index in [-0.39, 0.29) is 0 Å². The summed E-state index contributed by atoms with van der Waals surface area (Å²) in [5.41, 5.74) is 0.302. The maximum absolute atomic E-state index is 11.1. The van der Waals surface area contributed by atoms with Crippen molar-refractivity contribution in [2.24, 2.45) is 0 Å². The lowest BCUT2D eigenvalue weighted by Gasteiger charge is -2.35. The van der Waals surface area contributed by atoms with Crippen LogP contribution in [0.1, 0.15) is 36.5 Å². The summed E-state index contributed by atoms with van der Waals surface area (Å²) in [6, 6.07) is 3.66. The first-order chi connectivity index (χ1) is 7.70. The summed E-state index contributed by atoms with van der Waals surface area (Å²) in [5.74, 6) is -0.289. The maximum Gasteiger partial charge on any atom is 0.339 e. The molecule has 1 aliphatic rings. The first-order valence-electron chi connectivity index (χ1n) is 5.65. The van der Waals surface area contributed by atoms with Crippen LogP contribution in [-0.2, 0) is 0 Å². The molecule has 0 aliphatic carbocycles. The molecule has 16 heavy (non-hydrogen) atoms. The van der Waals surface area contributed by atoms with Gasteiger partial charge in [0.25, 0.3) is 0 Å². The van der Waals surface area contributed by atoms with Crippen LogP contribution in [0.15, 0.2) is 18.3 Å². The number of pyridine rings is 1. The van der Waals surface area contributed by atoms with Gasteiger partial charge in [-0.3, -0.25) is 0 Å². The number of carboxylic acid groups (broad SMARTS) is 1. The third-order valence-corrected chi connectivity index (χ3v) is 3.09. The van der Waals surface area contributed by atoms with Gasteiger partial charge in [-0.15, -0.1) is 0 Å². The second kappa shape index (κ2) is 4.51. The molecule has 2 rings (SSSR count). The van der Waals surface area contributed by atoms with Crippen molar-refractivity contribution in [1.82, 2.24) is 4.98 Å². The standard InChI is InChI=1S/C12H16N2O2/c1-9-5-2-3-8-14(9)11-10(12(15)16)6-4-7-13-11/h4,6-7,9H,2-3,5,8H2,1H3,(H,15,16). The highest BCUT2D eigenvalue weighted by Gasteiger charge is 2.23. The van der Waals surface area contributed by atoms with E-state index in [1.807, 2.05) is 0 Å². The monoisotopic (exact) mass is 220 g/mol. The number of carbonyl (C=O) groups is 1. The molecule has 0 radical (unpaired) electrons. The van der Waals surface area contributed by atoms with Crippen molar-refractivity contribution < 1.29 is 9.90 Å². The van der Waals surface area contributed by atoms with Crippen LogP contribution in [0, 0.1) is 0 Å². The predicted molar refractivity (Wildman–Crippen MR) is 61.9 cm³/mol. The van der Waals surface area contributed by atoms with Crippen molar-refractivity contribution in [3.05, 3.63) is 23.9 Å². The SMILES string of the molecule is CC1CCCCN1c1ncccc1C(=O)O. The van der Waals surface area contributed by atoms with E-state index in [4.69, 9.17) is 5.11 Å². The van der Waals surface area contributed by atoms with E-state index in [2.05, 4.69) is 16.8 Å². The summed E-state index contributed by atoms with van der Waals surface area (Å²) < 4.78 is 0. The van der Waals surface area contributed by atoms with Gasteiger partial charge in [0.15, 0.2) is 0 Å². The molecular formula is C12H16N2O2. The highest BCUT2D eigenvalue weighted by molar-refractivity contribution is 5.93. The summed E-state index contributed by atoms with van der Waals surface area (Å²) in [6.07, 6.45) is 5.09. The molecule has 1 unspecified atom stereocenters. The Morgan fingerprint density at radius 2 is 2.38 bits per heavy atom. The number of rotatable bonds is 2. The molecule has 0 saturated carbocycles. The molecule has 1 aromatic rings. The molecule has 86 valence electrons. The second-order valence-corrected chi connectivity index (χ2v) is 4.22. The van der Waals surface area contributed by atoms with Crippen molar-refractivity contribution in [3.63, 3.8) is 0 Å². The Morgan fingerprint density at radius 3 is 3.06 bits per heavy atom. The number of nitrogens with zero attached hydrogens (tertiary/aromatic N) is 2. The highest BCUT2D eigenvalue weighted by atomic mass is 16.4. The van der Waals surface area contributed by atoms with Crippen molar-refractivity contribution in [1.29, 1.82) is 0 Å². The molecule has 1 aromatic heterocycles. The van der Waals surface area contributed by atoms with Crippen LogP contribution in [0.25, 0.3) is 0 Å². The van der Waals surface area contributed by atoms with Crippen molar-refractivity contribution >= 4 is 11.8 Å². The molecule has 4 nitrogen and oxygen atoms in total. The second-order valence-electron chi connectivity index (χ2n) is 4.22. The fourth-order valence-corrected chi connectivity index (χ4v) is 2.21. The van der Waals surface area contributed by atoms with Gasteiger partial charge >= 0.3 is 5.97 Å². The number of hydrogen-bond acceptors (Lipinski definition) is 3. The van der Waals surface area contributed by atoms with E-state index in [1.54, 1.807) is 18.3 Å². The molecule has 1 fully saturated rings. The van der Waals surface area contributed by atoms with E-state index in [1.165, 1.54) is 6.42 Å². The minimum absolute atomic E-state index is 0.302. The zero-order valence-corrected chi connectivity index (χ0v) is 9.39. The normalized spacial score (nSPS) is 20.8. The van der Waals surface area contributed by atoms with Crippen molar-refractivity contribution in [2.75, 3.05) is 11.4 Å². The third-order valence-electron chi connectivity index (χ3n) is 3.09. The predicted octanol–water partition coefficient (Wildman–Crippen LogP) is 2.16. The zero-order valence-electron chi connectivity index (χ0n) is 9.39. The molecule has 0 spiro atoms. The zero-order chi connectivity index (χ0) is 11.5. The van der Waals surface area contributed by atoms with Crippen LogP contribution in [0.2, 0.25) is 0 Å². The number of aromatic nitrogens is 1. The summed E-state index contributed by atoms with van der Waals surface area (Å²) in [5, 5.41) is 9.12. The van der Waals surface area contributed by atoms with Crippen molar-refractivity contribution in [3.8, 4) is 0 Å². The lowest BCUT2D eigenvalue weighted by molar-refractivity contribution is 0.0697. The molecule has 1 aliphatic heterocycles. The number of carboxylic acids is 1. The molecule has 1 atom stereocenters. The fraction of sp³-hybridized carbons (Fsp3) is 0.500. The van der Waals surface area contributed by atoms with E-state index >= 15 is 0 Å². The fourth-order valence-electron chi connectivity index (χ4n) is 2.21. The third kappa shape index (κ3) is 2.01. The quantitative estimate of drug-likeness (QED) is 0.829. The first-order valence-corrected chi connectivity index (χ1v) is 5.65. The van der Waals surface area contributed by atoms with Crippen LogP contribution in [0.4, 0.5) is 5.82 Å². The molecule has 2 heterocycles. The molecular weight excluding hydrogens is 204 g/mol. The number of aromatic carboxylic acids is 1. The topological polar surface area (TPSA) is 53.4 Å². The summed E-state index contributed by atoms with van der Waals surface area (Å²) in [4.78, 5) is 17.4. The van der Waals surface area contributed by atoms with Gasteiger partial charge in [-0.25, -0.2) is 9.78 Å². The smallest absolute Gasteiger partial charge is 0.339 e. The Hall–Kier alpha value is -1.58. The highest BCUT2D eigenvalue weighted by Crippen LogP contribution is 2.25. The number of hydrogen-bond donors (Lipinski definition) is 1. The molecule has 4 heteroatoms. The number of anilines is 1. The number of piperidine rings is 1. The molecule has 1 saturated heterocycles. The maximum atomic E-state index is 11.1. The van der Waals surface area contributed by atoms with Gasteiger partial charge in [-0.05, 0) is 38.3 Å². The van der Waals surface area contributed by atoms with E-state index in [9.17, 15) is 4.79 Å². The van der Waals surface area contributed by atoms with Gasteiger partial charge in [0, 0.05) is 18.8 Å². The van der Waals surface area contributed by atoms with Crippen LogP contribution in [-0.4, -0.2) is 28.6 Å². The Labute approximate surface area is 94.9 Å². The molecule has 0 aromatic carbocycles. The first kappa shape index (κ1) is 10.9. The summed E-state index contributed by atoms with van der Waals surface area (Å²) in [6.45, 7) is 3.03. The largest absolute Gasteiger partial charge is 0.478 e. The average Bonchev–Trinajstić information content (AvgIpc) is 2.29. The molecule has 1 N–H and O–H groups in total. The Balaban J connectivity index is 2.34. The van der Waals surface area contributed by atoms with Gasteiger partial charge < -0.3 is 10.0 Å². The van der Waals surface area contributed by atoms with Crippen LogP contribution >= 0.6 is 0 Å². The minimum atomic E-state index is -0.902. The average molecular weight is 220 g/mol. The lowest BCUT2D eigenvalue weighted by Crippen LogP contribution is -2.38. The van der Waals surface area contributed by atoms with E-state index in [0.717, 1.165) is 19.4 Å². The van der Waals surface area contributed by atoms with Gasteiger partial charge in [-0.1, -0.05) is 0 Å². The summed E-state index contributed by atoms with van der Waals surface area (Å²) in [7, 11) is 0. The Bertz CT molecular complexity index is 392. The van der Waals surface area contributed by atoms with E-state index < -0.39 is 5.97 Å². The van der Waals surface area contributed by atoms with Crippen LogP contribution in [0.3, 0.4) is 0 Å². The van der Waals surface area contributed by atoms with Gasteiger partial charge in [-0.2, -0.15) is 0 Å². The van der Waals surface area contributed by atoms with Crippen LogP contribution < -0.4 is 4.90 Å². The van der Waals surface area contributed by atoms with Gasteiger partial charge in [0.1, 0.15) is 11.4 Å². The Morgan fingerprint density at radius 1 is 1.56 bits per heavy atom. The summed E-state index contributed by atoms with van der Waals surface area (Å²) >= 11 is 0. The van der Waals surface area contributed by atoms with Gasteiger partial charge in [0.05, 0.1) is 0 Å².